The monoisotopic (exact) mass is 300 g/mol. The zero-order valence-electron chi connectivity index (χ0n) is 9.21. The van der Waals surface area contributed by atoms with E-state index in [0.717, 1.165) is 15.9 Å². The fraction of sp³-hybridized carbons (Fsp3) is 0.500. The van der Waals surface area contributed by atoms with Crippen LogP contribution in [0.4, 0.5) is 5.69 Å². The van der Waals surface area contributed by atoms with Crippen molar-refractivity contribution >= 4 is 33.4 Å². The van der Waals surface area contributed by atoms with Crippen molar-refractivity contribution in [3.63, 3.8) is 0 Å². The lowest BCUT2D eigenvalue weighted by atomic mass is 10.1. The molecule has 1 atom stereocenters. The molecule has 2 rings (SSSR count). The van der Waals surface area contributed by atoms with Crippen molar-refractivity contribution in [1.82, 2.24) is 5.32 Å². The van der Waals surface area contributed by atoms with Crippen molar-refractivity contribution < 1.29 is 0 Å². The number of hydrogen-bond acceptors (Lipinski definition) is 3. The van der Waals surface area contributed by atoms with Crippen LogP contribution in [-0.2, 0) is 0 Å². The van der Waals surface area contributed by atoms with Crippen LogP contribution in [0.25, 0.3) is 0 Å². The summed E-state index contributed by atoms with van der Waals surface area (Å²) in [6.45, 7) is 1.17. The molecule has 88 valence electrons. The summed E-state index contributed by atoms with van der Waals surface area (Å²) in [6, 6.07) is 6.76. The van der Waals surface area contributed by atoms with E-state index in [2.05, 4.69) is 27.3 Å². The largest absolute Gasteiger partial charge is 0.398 e. The molecule has 0 amide bonds. The van der Waals surface area contributed by atoms with Gasteiger partial charge in [0, 0.05) is 26.9 Å². The Balaban J connectivity index is 1.88. The summed E-state index contributed by atoms with van der Waals surface area (Å²) >= 11 is 5.28. The van der Waals surface area contributed by atoms with Crippen molar-refractivity contribution in [2.75, 3.05) is 18.0 Å². The van der Waals surface area contributed by atoms with Gasteiger partial charge in [0.15, 0.2) is 0 Å². The Morgan fingerprint density at radius 1 is 1.44 bits per heavy atom. The molecule has 1 heterocycles. The van der Waals surface area contributed by atoms with Crippen LogP contribution in [-0.4, -0.2) is 18.3 Å². The molecule has 16 heavy (non-hydrogen) atoms. The fourth-order valence-electron chi connectivity index (χ4n) is 1.91. The maximum absolute atomic E-state index is 5.97. The minimum atomic E-state index is 0.654. The Bertz CT molecular complexity index is 351. The highest BCUT2D eigenvalue weighted by Crippen LogP contribution is 2.29. The molecular weight excluding hydrogens is 284 g/mol. The van der Waals surface area contributed by atoms with Gasteiger partial charge < -0.3 is 11.1 Å². The van der Waals surface area contributed by atoms with Crippen LogP contribution in [0.5, 0.6) is 0 Å². The van der Waals surface area contributed by atoms with Gasteiger partial charge in [-0.05, 0) is 37.6 Å². The molecule has 0 aliphatic carbocycles. The maximum Gasteiger partial charge on any atom is 0.0463 e. The molecule has 1 aromatic rings. The SMILES string of the molecule is Nc1cc(Br)ccc1SCC1CCCCN1. The number of piperidine rings is 1. The Hall–Kier alpha value is -0.190. The number of thioether (sulfide) groups is 1. The molecule has 1 aromatic carbocycles. The van der Waals surface area contributed by atoms with Gasteiger partial charge in [0.2, 0.25) is 0 Å². The Kier molecular flexibility index (Phi) is 4.55. The third kappa shape index (κ3) is 3.40. The van der Waals surface area contributed by atoms with Crippen LogP contribution >= 0.6 is 27.7 Å². The first kappa shape index (κ1) is 12.3. The predicted octanol–water partition coefficient (Wildman–Crippen LogP) is 3.27. The molecule has 0 radical (unpaired) electrons. The summed E-state index contributed by atoms with van der Waals surface area (Å²) in [7, 11) is 0. The lowest BCUT2D eigenvalue weighted by Gasteiger charge is -2.23. The second-order valence-corrected chi connectivity index (χ2v) is 6.12. The molecule has 0 bridgehead atoms. The van der Waals surface area contributed by atoms with Crippen LogP contribution in [0.1, 0.15) is 19.3 Å². The first-order valence-corrected chi connectivity index (χ1v) is 7.45. The molecule has 2 nitrogen and oxygen atoms in total. The molecule has 1 fully saturated rings. The van der Waals surface area contributed by atoms with Crippen LogP contribution in [0.2, 0.25) is 0 Å². The lowest BCUT2D eigenvalue weighted by molar-refractivity contribution is 0.430. The van der Waals surface area contributed by atoms with E-state index in [1.807, 2.05) is 23.9 Å². The number of hydrogen-bond donors (Lipinski definition) is 2. The van der Waals surface area contributed by atoms with E-state index in [1.165, 1.54) is 30.7 Å². The van der Waals surface area contributed by atoms with Gasteiger partial charge in [0.05, 0.1) is 0 Å². The second-order valence-electron chi connectivity index (χ2n) is 4.14. The minimum absolute atomic E-state index is 0.654. The molecule has 1 aliphatic heterocycles. The van der Waals surface area contributed by atoms with E-state index >= 15 is 0 Å². The molecule has 0 aromatic heterocycles. The number of anilines is 1. The van der Waals surface area contributed by atoms with Gasteiger partial charge in [-0.1, -0.05) is 22.4 Å². The zero-order valence-corrected chi connectivity index (χ0v) is 11.6. The zero-order chi connectivity index (χ0) is 11.4. The summed E-state index contributed by atoms with van der Waals surface area (Å²) in [4.78, 5) is 1.19. The normalized spacial score (nSPS) is 20.9. The summed E-state index contributed by atoms with van der Waals surface area (Å²) in [6.07, 6.45) is 3.97. The molecule has 1 aliphatic rings. The van der Waals surface area contributed by atoms with Crippen LogP contribution < -0.4 is 11.1 Å². The van der Waals surface area contributed by atoms with Crippen LogP contribution in [0, 0.1) is 0 Å². The number of nitrogens with two attached hydrogens (primary N) is 1. The quantitative estimate of drug-likeness (QED) is 0.665. The van der Waals surface area contributed by atoms with Gasteiger partial charge in [-0.15, -0.1) is 11.8 Å². The average molecular weight is 301 g/mol. The standard InChI is InChI=1S/C12H17BrN2S/c13-9-4-5-12(11(14)7-9)16-8-10-3-1-2-6-15-10/h4-5,7,10,15H,1-3,6,8,14H2. The summed E-state index contributed by atoms with van der Waals surface area (Å²) in [5, 5.41) is 3.55. The number of nitrogen functional groups attached to an aromatic ring is 1. The first-order valence-electron chi connectivity index (χ1n) is 5.67. The molecule has 3 N–H and O–H groups in total. The number of halogens is 1. The van der Waals surface area contributed by atoms with Crippen LogP contribution in [0.3, 0.4) is 0 Å². The molecule has 1 saturated heterocycles. The average Bonchev–Trinajstić information content (AvgIpc) is 2.29. The summed E-state index contributed by atoms with van der Waals surface area (Å²) in [5.74, 6) is 1.12. The van der Waals surface area contributed by atoms with E-state index in [1.54, 1.807) is 0 Å². The summed E-state index contributed by atoms with van der Waals surface area (Å²) < 4.78 is 1.05. The third-order valence-corrected chi connectivity index (χ3v) is 4.57. The van der Waals surface area contributed by atoms with Gasteiger partial charge in [0.25, 0.3) is 0 Å². The lowest BCUT2D eigenvalue weighted by Crippen LogP contribution is -2.35. The highest BCUT2D eigenvalue weighted by molar-refractivity contribution is 9.10. The highest BCUT2D eigenvalue weighted by atomic mass is 79.9. The topological polar surface area (TPSA) is 38.0 Å². The number of rotatable bonds is 3. The second kappa shape index (κ2) is 5.94. The van der Waals surface area contributed by atoms with Gasteiger partial charge in [-0.3, -0.25) is 0 Å². The van der Waals surface area contributed by atoms with E-state index in [9.17, 15) is 0 Å². The van der Waals surface area contributed by atoms with Gasteiger partial charge in [-0.25, -0.2) is 0 Å². The molecule has 0 spiro atoms. The van der Waals surface area contributed by atoms with Crippen molar-refractivity contribution in [3.05, 3.63) is 22.7 Å². The Labute approximate surface area is 109 Å². The van der Waals surface area contributed by atoms with E-state index in [4.69, 9.17) is 5.73 Å². The van der Waals surface area contributed by atoms with Crippen molar-refractivity contribution in [1.29, 1.82) is 0 Å². The van der Waals surface area contributed by atoms with Crippen molar-refractivity contribution in [2.45, 2.75) is 30.2 Å². The van der Waals surface area contributed by atoms with E-state index < -0.39 is 0 Å². The third-order valence-electron chi connectivity index (χ3n) is 2.82. The van der Waals surface area contributed by atoms with Crippen molar-refractivity contribution in [3.8, 4) is 0 Å². The highest BCUT2D eigenvalue weighted by Gasteiger charge is 2.13. The van der Waals surface area contributed by atoms with Gasteiger partial charge >= 0.3 is 0 Å². The molecular formula is C12H17BrN2S. The van der Waals surface area contributed by atoms with E-state index in [0.29, 0.717) is 6.04 Å². The first-order chi connectivity index (χ1) is 7.75. The Morgan fingerprint density at radius 3 is 3.00 bits per heavy atom. The predicted molar refractivity (Wildman–Crippen MR) is 74.9 cm³/mol. The van der Waals surface area contributed by atoms with Crippen molar-refractivity contribution in [2.24, 2.45) is 0 Å². The maximum atomic E-state index is 5.97. The number of nitrogens with one attached hydrogen (secondary N) is 1. The molecule has 0 saturated carbocycles. The van der Waals surface area contributed by atoms with Crippen LogP contribution in [0.15, 0.2) is 27.6 Å². The smallest absolute Gasteiger partial charge is 0.0463 e. The van der Waals surface area contributed by atoms with Gasteiger partial charge in [0.1, 0.15) is 0 Å². The van der Waals surface area contributed by atoms with Gasteiger partial charge in [-0.2, -0.15) is 0 Å². The molecule has 1 unspecified atom stereocenters. The Morgan fingerprint density at radius 2 is 2.31 bits per heavy atom. The summed E-state index contributed by atoms with van der Waals surface area (Å²) in [5.41, 5.74) is 6.84. The number of benzene rings is 1. The minimum Gasteiger partial charge on any atom is -0.398 e. The van der Waals surface area contributed by atoms with E-state index in [-0.39, 0.29) is 0 Å². The molecule has 4 heteroatoms. The fourth-order valence-corrected chi connectivity index (χ4v) is 3.34.